The third-order valence-electron chi connectivity index (χ3n) is 4.59. The van der Waals surface area contributed by atoms with E-state index in [1.165, 1.54) is 43.5 Å². The van der Waals surface area contributed by atoms with Gasteiger partial charge in [0.05, 0.1) is 17.7 Å². The Kier molecular flexibility index (Phi) is 8.14. The van der Waals surface area contributed by atoms with Gasteiger partial charge in [0.25, 0.3) is 5.91 Å². The quantitative estimate of drug-likeness (QED) is 0.300. The van der Waals surface area contributed by atoms with E-state index in [0.717, 1.165) is 5.56 Å². The Hall–Kier alpha value is -3.99. The lowest BCUT2D eigenvalue weighted by molar-refractivity contribution is -0.112. The smallest absolute Gasteiger partial charge is 0.335 e. The number of hydrogen-bond donors (Lipinski definition) is 2. The van der Waals surface area contributed by atoms with Gasteiger partial charge in [-0.3, -0.25) is 4.79 Å². The van der Waals surface area contributed by atoms with Crippen molar-refractivity contribution in [1.82, 2.24) is 0 Å². The molecule has 0 bridgehead atoms. The number of carbonyl (C=O) groups excluding carboxylic acids is 1. The van der Waals surface area contributed by atoms with E-state index in [2.05, 4.69) is 5.32 Å². The molecule has 7 nitrogen and oxygen atoms in total. The second-order valence-electron chi connectivity index (χ2n) is 6.96. The summed E-state index contributed by atoms with van der Waals surface area (Å²) < 4.78 is 11.2. The van der Waals surface area contributed by atoms with Crippen LogP contribution in [0.25, 0.3) is 6.08 Å². The molecule has 0 fully saturated rings. The maximum Gasteiger partial charge on any atom is 0.335 e. The van der Waals surface area contributed by atoms with Crippen LogP contribution in [0.3, 0.4) is 0 Å². The molecule has 3 aromatic carbocycles. The van der Waals surface area contributed by atoms with Crippen molar-refractivity contribution in [1.29, 1.82) is 5.26 Å². The molecule has 172 valence electrons. The summed E-state index contributed by atoms with van der Waals surface area (Å²) in [4.78, 5) is 23.7. The molecular formula is C25H18Cl2N2O5. The van der Waals surface area contributed by atoms with Crippen LogP contribution in [-0.2, 0) is 11.4 Å². The number of anilines is 1. The average Bonchev–Trinajstić information content (AvgIpc) is 2.82. The van der Waals surface area contributed by atoms with E-state index in [1.807, 2.05) is 18.2 Å². The summed E-state index contributed by atoms with van der Waals surface area (Å²) in [5.74, 6) is -1.21. The lowest BCUT2D eigenvalue weighted by atomic mass is 10.1. The summed E-state index contributed by atoms with van der Waals surface area (Å²) >= 11 is 12.3. The van der Waals surface area contributed by atoms with E-state index in [-0.39, 0.29) is 28.5 Å². The predicted molar refractivity (Wildman–Crippen MR) is 129 cm³/mol. The number of rotatable bonds is 8. The fourth-order valence-electron chi connectivity index (χ4n) is 2.94. The molecule has 0 aliphatic rings. The number of carboxylic acids is 1. The minimum absolute atomic E-state index is 0.00555. The van der Waals surface area contributed by atoms with Gasteiger partial charge in [0.1, 0.15) is 18.2 Å². The van der Waals surface area contributed by atoms with E-state index in [1.54, 1.807) is 18.2 Å². The van der Waals surface area contributed by atoms with Gasteiger partial charge in [0.2, 0.25) is 0 Å². The minimum atomic E-state index is -1.13. The molecule has 0 aliphatic heterocycles. The number of methoxy groups -OCH3 is 1. The molecule has 0 spiro atoms. The monoisotopic (exact) mass is 496 g/mol. The molecule has 0 aliphatic carbocycles. The molecule has 0 atom stereocenters. The van der Waals surface area contributed by atoms with Gasteiger partial charge in [-0.1, -0.05) is 41.4 Å². The highest BCUT2D eigenvalue weighted by Gasteiger charge is 2.15. The second kappa shape index (κ2) is 11.2. The lowest BCUT2D eigenvalue weighted by Crippen LogP contribution is -2.14. The predicted octanol–water partition coefficient (Wildman–Crippen LogP) is 5.82. The van der Waals surface area contributed by atoms with E-state index in [9.17, 15) is 14.9 Å². The number of nitrogens with one attached hydrogen (secondary N) is 1. The van der Waals surface area contributed by atoms with Crippen LogP contribution in [0.15, 0.2) is 66.2 Å². The molecule has 9 heteroatoms. The van der Waals surface area contributed by atoms with Gasteiger partial charge in [-0.2, -0.15) is 5.26 Å². The number of nitrogens with zero attached hydrogens (tertiary/aromatic N) is 1. The number of nitriles is 1. The van der Waals surface area contributed by atoms with Gasteiger partial charge in [-0.25, -0.2) is 4.79 Å². The summed E-state index contributed by atoms with van der Waals surface area (Å²) in [5.41, 5.74) is 1.35. The summed E-state index contributed by atoms with van der Waals surface area (Å²) in [5, 5.41) is 21.9. The second-order valence-corrected chi connectivity index (χ2v) is 7.80. The van der Waals surface area contributed by atoms with Crippen LogP contribution >= 0.6 is 23.2 Å². The van der Waals surface area contributed by atoms with Crippen LogP contribution in [0, 0.1) is 11.3 Å². The highest BCUT2D eigenvalue weighted by molar-refractivity contribution is 6.32. The largest absolute Gasteiger partial charge is 0.493 e. The molecule has 2 N–H and O–H groups in total. The van der Waals surface area contributed by atoms with Crippen molar-refractivity contribution >= 4 is 46.8 Å². The van der Waals surface area contributed by atoms with Crippen LogP contribution in [0.5, 0.6) is 11.5 Å². The molecule has 0 saturated heterocycles. The number of ether oxygens (including phenoxy) is 2. The lowest BCUT2D eigenvalue weighted by Gasteiger charge is -2.14. The van der Waals surface area contributed by atoms with Crippen molar-refractivity contribution in [2.75, 3.05) is 12.4 Å². The number of aromatic carboxylic acids is 1. The number of carboxylic acid groups (broad SMARTS) is 1. The third kappa shape index (κ3) is 6.29. The van der Waals surface area contributed by atoms with Crippen molar-refractivity contribution in [2.45, 2.75) is 6.61 Å². The third-order valence-corrected chi connectivity index (χ3v) is 5.12. The molecular weight excluding hydrogens is 479 g/mol. The molecule has 0 radical (unpaired) electrons. The Morgan fingerprint density at radius 3 is 2.50 bits per heavy atom. The molecule has 3 aromatic rings. The summed E-state index contributed by atoms with van der Waals surface area (Å²) in [6, 6.07) is 17.8. The van der Waals surface area contributed by atoms with E-state index in [0.29, 0.717) is 22.1 Å². The SMILES string of the molecule is COc1cc(/C=C(/C#N)C(=O)Nc2cccc(C(=O)O)c2)cc(Cl)c1OCc1ccc(Cl)cc1. The first-order valence-corrected chi connectivity index (χ1v) is 10.6. The van der Waals surface area contributed by atoms with E-state index in [4.69, 9.17) is 37.8 Å². The van der Waals surface area contributed by atoms with Crippen LogP contribution in [0.2, 0.25) is 10.0 Å². The number of amides is 1. The molecule has 0 aromatic heterocycles. The van der Waals surface area contributed by atoms with Crippen LogP contribution in [0.4, 0.5) is 5.69 Å². The van der Waals surface area contributed by atoms with Gasteiger partial charge in [0, 0.05) is 10.7 Å². The normalized spacial score (nSPS) is 10.8. The van der Waals surface area contributed by atoms with Crippen molar-refractivity contribution in [2.24, 2.45) is 0 Å². The van der Waals surface area contributed by atoms with Crippen molar-refractivity contribution < 1.29 is 24.2 Å². The first-order chi connectivity index (χ1) is 16.3. The minimum Gasteiger partial charge on any atom is -0.493 e. The summed E-state index contributed by atoms with van der Waals surface area (Å²) in [6.45, 7) is 0.226. The van der Waals surface area contributed by atoms with Crippen molar-refractivity contribution in [3.8, 4) is 17.6 Å². The van der Waals surface area contributed by atoms with Gasteiger partial charge in [-0.15, -0.1) is 0 Å². The zero-order valence-corrected chi connectivity index (χ0v) is 19.4. The van der Waals surface area contributed by atoms with Gasteiger partial charge < -0.3 is 19.9 Å². The maximum atomic E-state index is 12.6. The molecule has 0 saturated carbocycles. The van der Waals surface area contributed by atoms with Crippen molar-refractivity contribution in [3.63, 3.8) is 0 Å². The molecule has 0 heterocycles. The van der Waals surface area contributed by atoms with Gasteiger partial charge in [-0.05, 0) is 59.7 Å². The van der Waals surface area contributed by atoms with Crippen molar-refractivity contribution in [3.05, 3.63) is 93.0 Å². The molecule has 1 amide bonds. The topological polar surface area (TPSA) is 109 Å². The highest BCUT2D eigenvalue weighted by Crippen LogP contribution is 2.37. The van der Waals surface area contributed by atoms with Crippen LogP contribution in [0.1, 0.15) is 21.5 Å². The maximum absolute atomic E-state index is 12.6. The summed E-state index contributed by atoms with van der Waals surface area (Å²) in [7, 11) is 1.45. The first kappa shape index (κ1) is 24.6. The van der Waals surface area contributed by atoms with Crippen LogP contribution in [-0.4, -0.2) is 24.1 Å². The standard InChI is InChI=1S/C25H18Cl2N2O5/c1-33-22-11-16(10-21(27)23(22)34-14-15-5-7-19(26)8-6-15)9-18(13-28)24(30)29-20-4-2-3-17(12-20)25(31)32/h2-12H,14H2,1H3,(H,29,30)(H,31,32)/b18-9-. The van der Waals surface area contributed by atoms with Gasteiger partial charge >= 0.3 is 5.97 Å². The van der Waals surface area contributed by atoms with E-state index >= 15 is 0 Å². The Morgan fingerprint density at radius 1 is 1.12 bits per heavy atom. The average molecular weight is 497 g/mol. The fraction of sp³-hybridized carbons (Fsp3) is 0.0800. The first-order valence-electron chi connectivity index (χ1n) is 9.82. The Morgan fingerprint density at radius 2 is 1.85 bits per heavy atom. The van der Waals surface area contributed by atoms with E-state index < -0.39 is 11.9 Å². The molecule has 3 rings (SSSR count). The van der Waals surface area contributed by atoms with Crippen LogP contribution < -0.4 is 14.8 Å². The molecule has 0 unspecified atom stereocenters. The Bertz CT molecular complexity index is 1300. The summed E-state index contributed by atoms with van der Waals surface area (Å²) in [6.07, 6.45) is 1.34. The highest BCUT2D eigenvalue weighted by atomic mass is 35.5. The molecule has 34 heavy (non-hydrogen) atoms. The van der Waals surface area contributed by atoms with Gasteiger partial charge in [0.15, 0.2) is 11.5 Å². The number of hydrogen-bond acceptors (Lipinski definition) is 5. The fourth-order valence-corrected chi connectivity index (χ4v) is 3.34. The number of carbonyl (C=O) groups is 2. The zero-order valence-electron chi connectivity index (χ0n) is 17.8. The zero-order chi connectivity index (χ0) is 24.7. The Labute approximate surface area is 205 Å². The number of halogens is 2. The Balaban J connectivity index is 1.81. The number of benzene rings is 3.